The zero-order valence-corrected chi connectivity index (χ0v) is 14.4. The van der Waals surface area contributed by atoms with Gasteiger partial charge in [-0.15, -0.1) is 0 Å². The molecule has 0 bridgehead atoms. The lowest BCUT2D eigenvalue weighted by molar-refractivity contribution is 0.415. The molecule has 0 amide bonds. The smallest absolute Gasteiger partial charge is 0.132 e. The van der Waals surface area contributed by atoms with Crippen molar-refractivity contribution in [3.05, 3.63) is 52.8 Å². The van der Waals surface area contributed by atoms with Crippen LogP contribution in [0.2, 0.25) is 0 Å². The number of aromatic nitrogens is 4. The Morgan fingerprint density at radius 2 is 2.22 bits per heavy atom. The summed E-state index contributed by atoms with van der Waals surface area (Å²) < 4.78 is 8.05. The molecule has 0 aliphatic heterocycles. The van der Waals surface area contributed by atoms with Crippen LogP contribution in [-0.2, 0) is 0 Å². The largest absolute Gasteiger partial charge is 0.364 e. The van der Waals surface area contributed by atoms with Crippen LogP contribution in [0.15, 0.2) is 46.0 Å². The van der Waals surface area contributed by atoms with Crippen LogP contribution in [0.3, 0.4) is 0 Å². The predicted molar refractivity (Wildman–Crippen MR) is 89.9 cm³/mol. The number of halogens is 1. The van der Waals surface area contributed by atoms with Gasteiger partial charge < -0.3 is 4.52 Å². The van der Waals surface area contributed by atoms with E-state index in [0.29, 0.717) is 0 Å². The molecule has 1 atom stereocenters. The number of pyridine rings is 1. The fourth-order valence-corrected chi connectivity index (χ4v) is 3.07. The second-order valence-corrected chi connectivity index (χ2v) is 7.03. The minimum atomic E-state index is 0.171. The Bertz CT molecular complexity index is 804. The minimum Gasteiger partial charge on any atom is -0.364 e. The summed E-state index contributed by atoms with van der Waals surface area (Å²) in [4.78, 5) is 4.59. The van der Waals surface area contributed by atoms with Crippen molar-refractivity contribution in [3.8, 4) is 11.1 Å². The summed E-state index contributed by atoms with van der Waals surface area (Å²) in [7, 11) is 0. The maximum absolute atomic E-state index is 5.04. The molecule has 5 nitrogen and oxygen atoms in total. The summed E-state index contributed by atoms with van der Waals surface area (Å²) in [5, 5.41) is 8.53. The van der Waals surface area contributed by atoms with Crippen molar-refractivity contribution < 1.29 is 4.52 Å². The van der Waals surface area contributed by atoms with Crippen molar-refractivity contribution in [2.24, 2.45) is 5.92 Å². The molecule has 118 valence electrons. The van der Waals surface area contributed by atoms with Crippen molar-refractivity contribution in [2.75, 3.05) is 0 Å². The molecule has 3 aromatic heterocycles. The predicted octanol–water partition coefficient (Wildman–Crippen LogP) is 4.39. The Hall–Kier alpha value is -1.95. The lowest BCUT2D eigenvalue weighted by Crippen LogP contribution is -2.13. The summed E-state index contributed by atoms with van der Waals surface area (Å²) in [6.45, 7) is 1.94. The molecule has 0 radical (unpaired) electrons. The fourth-order valence-electron chi connectivity index (χ4n) is 2.83. The van der Waals surface area contributed by atoms with E-state index in [1.807, 2.05) is 30.1 Å². The van der Waals surface area contributed by atoms with Gasteiger partial charge in [0.15, 0.2) is 0 Å². The third-order valence-electron chi connectivity index (χ3n) is 4.33. The molecule has 3 aromatic rings. The molecule has 6 heteroatoms. The topological polar surface area (TPSA) is 56.7 Å². The Labute approximate surface area is 142 Å². The van der Waals surface area contributed by atoms with E-state index in [-0.39, 0.29) is 6.04 Å². The average molecular weight is 373 g/mol. The Morgan fingerprint density at radius 3 is 2.87 bits per heavy atom. The van der Waals surface area contributed by atoms with Gasteiger partial charge in [-0.1, -0.05) is 18.0 Å². The lowest BCUT2D eigenvalue weighted by Gasteiger charge is -2.17. The number of aryl methyl sites for hydroxylation is 1. The first-order chi connectivity index (χ1) is 11.2. The molecule has 0 N–H and O–H groups in total. The first-order valence-electron chi connectivity index (χ1n) is 7.77. The third-order valence-corrected chi connectivity index (χ3v) is 4.80. The van der Waals surface area contributed by atoms with E-state index in [2.05, 4.69) is 43.4 Å². The van der Waals surface area contributed by atoms with Crippen LogP contribution >= 0.6 is 15.9 Å². The van der Waals surface area contributed by atoms with E-state index in [1.54, 1.807) is 6.26 Å². The van der Waals surface area contributed by atoms with Gasteiger partial charge in [-0.3, -0.25) is 9.67 Å². The van der Waals surface area contributed by atoms with Crippen LogP contribution < -0.4 is 0 Å². The Balaban J connectivity index is 1.67. The standard InChI is InChI=1S/C17H17BrN4O/c1-11-15(10-23-21-11)13-7-20-22(9-13)17(6-12-2-3-12)16-5-4-14(18)8-19-16/h4-5,7-10,12,17H,2-3,6H2,1H3. The van der Waals surface area contributed by atoms with Gasteiger partial charge in [-0.2, -0.15) is 5.10 Å². The SMILES string of the molecule is Cc1nocc1-c1cnn(C(CC2CC2)c2ccc(Br)cn2)c1. The van der Waals surface area contributed by atoms with Crippen LogP contribution in [0.1, 0.15) is 36.7 Å². The monoisotopic (exact) mass is 372 g/mol. The quantitative estimate of drug-likeness (QED) is 0.666. The zero-order chi connectivity index (χ0) is 15.8. The van der Waals surface area contributed by atoms with Crippen molar-refractivity contribution in [3.63, 3.8) is 0 Å². The van der Waals surface area contributed by atoms with E-state index in [4.69, 9.17) is 4.52 Å². The molecule has 1 unspecified atom stereocenters. The summed E-state index contributed by atoms with van der Waals surface area (Å²) in [5.41, 5.74) is 3.95. The molecule has 1 aliphatic rings. The maximum atomic E-state index is 5.04. The number of hydrogen-bond acceptors (Lipinski definition) is 4. The molecule has 4 rings (SSSR count). The second-order valence-electron chi connectivity index (χ2n) is 6.12. The summed E-state index contributed by atoms with van der Waals surface area (Å²) >= 11 is 3.45. The van der Waals surface area contributed by atoms with Gasteiger partial charge in [0.2, 0.25) is 0 Å². The van der Waals surface area contributed by atoms with E-state index in [0.717, 1.165) is 39.3 Å². The van der Waals surface area contributed by atoms with E-state index in [1.165, 1.54) is 12.8 Å². The fraction of sp³-hybridized carbons (Fsp3) is 0.353. The van der Waals surface area contributed by atoms with Gasteiger partial charge in [0.25, 0.3) is 0 Å². The molecule has 0 aromatic carbocycles. The number of rotatable bonds is 5. The summed E-state index contributed by atoms with van der Waals surface area (Å²) in [5.74, 6) is 0.787. The third kappa shape index (κ3) is 3.08. The number of hydrogen-bond donors (Lipinski definition) is 0. The van der Waals surface area contributed by atoms with E-state index < -0.39 is 0 Å². The maximum Gasteiger partial charge on any atom is 0.132 e. The van der Waals surface area contributed by atoms with Crippen LogP contribution in [0.5, 0.6) is 0 Å². The van der Waals surface area contributed by atoms with E-state index in [9.17, 15) is 0 Å². The first-order valence-corrected chi connectivity index (χ1v) is 8.57. The van der Waals surface area contributed by atoms with E-state index >= 15 is 0 Å². The molecule has 0 saturated heterocycles. The molecule has 23 heavy (non-hydrogen) atoms. The minimum absolute atomic E-state index is 0.171. The Morgan fingerprint density at radius 1 is 1.35 bits per heavy atom. The van der Waals surface area contributed by atoms with Crippen LogP contribution in [-0.4, -0.2) is 19.9 Å². The van der Waals surface area contributed by atoms with Gasteiger partial charge >= 0.3 is 0 Å². The Kier molecular flexibility index (Phi) is 3.77. The zero-order valence-electron chi connectivity index (χ0n) is 12.8. The lowest BCUT2D eigenvalue weighted by atomic mass is 10.1. The van der Waals surface area contributed by atoms with Crippen LogP contribution in [0.25, 0.3) is 11.1 Å². The van der Waals surface area contributed by atoms with Gasteiger partial charge in [0.1, 0.15) is 6.26 Å². The van der Waals surface area contributed by atoms with Crippen molar-refractivity contribution in [1.82, 2.24) is 19.9 Å². The highest BCUT2D eigenvalue weighted by molar-refractivity contribution is 9.10. The van der Waals surface area contributed by atoms with Gasteiger partial charge in [0, 0.05) is 28.0 Å². The van der Waals surface area contributed by atoms with Crippen LogP contribution in [0.4, 0.5) is 0 Å². The highest BCUT2D eigenvalue weighted by Crippen LogP contribution is 2.39. The molecule has 0 spiro atoms. The van der Waals surface area contributed by atoms with Crippen LogP contribution in [0, 0.1) is 12.8 Å². The van der Waals surface area contributed by atoms with Crippen molar-refractivity contribution in [2.45, 2.75) is 32.2 Å². The molecule has 1 saturated carbocycles. The van der Waals surface area contributed by atoms with Gasteiger partial charge in [-0.05, 0) is 47.3 Å². The first kappa shape index (κ1) is 14.6. The highest BCUT2D eigenvalue weighted by atomic mass is 79.9. The molecular formula is C17H17BrN4O. The highest BCUT2D eigenvalue weighted by Gasteiger charge is 2.28. The summed E-state index contributed by atoms with van der Waals surface area (Å²) in [6.07, 6.45) is 11.2. The average Bonchev–Trinajstić information content (AvgIpc) is 3.06. The molecule has 1 fully saturated rings. The normalized spacial score (nSPS) is 15.7. The number of nitrogens with zero attached hydrogens (tertiary/aromatic N) is 4. The second kappa shape index (κ2) is 5.92. The van der Waals surface area contributed by atoms with Crippen molar-refractivity contribution in [1.29, 1.82) is 0 Å². The van der Waals surface area contributed by atoms with Gasteiger partial charge in [0.05, 0.1) is 23.6 Å². The molecule has 1 aliphatic carbocycles. The molecular weight excluding hydrogens is 356 g/mol. The summed E-state index contributed by atoms with van der Waals surface area (Å²) in [6, 6.07) is 4.28. The van der Waals surface area contributed by atoms with Crippen molar-refractivity contribution >= 4 is 15.9 Å². The molecule has 3 heterocycles. The van der Waals surface area contributed by atoms with Gasteiger partial charge in [-0.25, -0.2) is 0 Å².